The molecule has 0 unspecified atom stereocenters. The fraction of sp³-hybridized carbons (Fsp3) is 0.304. The second-order valence-corrected chi connectivity index (χ2v) is 8.30. The molecule has 1 amide bonds. The Labute approximate surface area is 187 Å². The molecule has 4 aromatic rings. The van der Waals surface area contributed by atoms with Gasteiger partial charge in [-0.15, -0.1) is 0 Å². The summed E-state index contributed by atoms with van der Waals surface area (Å²) in [5.41, 5.74) is 2.32. The summed E-state index contributed by atoms with van der Waals surface area (Å²) in [6.07, 6.45) is 5.68. The maximum Gasteiger partial charge on any atom is 0.270 e. The summed E-state index contributed by atoms with van der Waals surface area (Å²) in [5, 5.41) is 2.74. The molecule has 1 fully saturated rings. The van der Waals surface area contributed by atoms with Crippen LogP contribution in [0.25, 0.3) is 11.3 Å². The van der Waals surface area contributed by atoms with Crippen LogP contribution in [-0.4, -0.2) is 48.6 Å². The number of piperidine rings is 1. The van der Waals surface area contributed by atoms with E-state index in [9.17, 15) is 18.4 Å². The van der Waals surface area contributed by atoms with E-state index in [1.54, 1.807) is 35.5 Å². The first kappa shape index (κ1) is 21.2. The van der Waals surface area contributed by atoms with Crippen LogP contribution >= 0.6 is 0 Å². The number of carbonyl (C=O) groups is 1. The molecule has 0 atom stereocenters. The van der Waals surface area contributed by atoms with Crippen LogP contribution in [0.3, 0.4) is 0 Å². The molecule has 5 heterocycles. The van der Waals surface area contributed by atoms with E-state index in [2.05, 4.69) is 15.3 Å². The summed E-state index contributed by atoms with van der Waals surface area (Å²) in [7, 11) is 0. The van der Waals surface area contributed by atoms with Crippen LogP contribution < -0.4 is 10.9 Å². The molecule has 0 aliphatic carbocycles. The maximum atomic E-state index is 13.7. The first-order chi connectivity index (χ1) is 15.9. The van der Waals surface area contributed by atoms with Crippen LogP contribution in [-0.2, 0) is 13.1 Å². The maximum absolute atomic E-state index is 13.7. The van der Waals surface area contributed by atoms with Crippen LogP contribution in [0.15, 0.2) is 59.8 Å². The van der Waals surface area contributed by atoms with E-state index >= 15 is 0 Å². The standard InChI is InChI=1S/C23H22F2N6O2/c24-23(25)7-3-8-29(15-23)12-16-5-6-19-27-17(14-30(19)13-16)11-26-22(33)18-10-21(32)31-9-2-1-4-20(31)28-18/h1-2,4-6,9-10,13-14H,3,7-8,11-12,15H2,(H,26,33). The molecule has 0 bridgehead atoms. The molecule has 10 heteroatoms. The van der Waals surface area contributed by atoms with E-state index in [4.69, 9.17) is 0 Å². The number of carbonyl (C=O) groups excluding carboxylic acids is 1. The number of hydrogen-bond donors (Lipinski definition) is 1. The Kier molecular flexibility index (Phi) is 5.37. The number of aromatic nitrogens is 4. The molecule has 1 saturated heterocycles. The third-order valence-electron chi connectivity index (χ3n) is 5.67. The predicted octanol–water partition coefficient (Wildman–Crippen LogP) is 2.50. The zero-order valence-corrected chi connectivity index (χ0v) is 17.7. The Morgan fingerprint density at radius 3 is 2.85 bits per heavy atom. The minimum absolute atomic E-state index is 0.0376. The monoisotopic (exact) mass is 452 g/mol. The van der Waals surface area contributed by atoms with Gasteiger partial charge in [-0.2, -0.15) is 0 Å². The van der Waals surface area contributed by atoms with Gasteiger partial charge in [-0.25, -0.2) is 18.7 Å². The van der Waals surface area contributed by atoms with Gasteiger partial charge >= 0.3 is 0 Å². The minimum Gasteiger partial charge on any atom is -0.345 e. The average molecular weight is 452 g/mol. The van der Waals surface area contributed by atoms with E-state index in [1.165, 1.54) is 10.5 Å². The van der Waals surface area contributed by atoms with Crippen molar-refractivity contribution in [3.05, 3.63) is 82.3 Å². The molecule has 0 spiro atoms. The van der Waals surface area contributed by atoms with Gasteiger partial charge in [0.05, 0.1) is 18.8 Å². The molecule has 0 radical (unpaired) electrons. The Bertz CT molecular complexity index is 1400. The number of nitrogens with one attached hydrogen (secondary N) is 1. The number of rotatable bonds is 5. The molecular weight excluding hydrogens is 430 g/mol. The highest BCUT2D eigenvalue weighted by atomic mass is 19.3. The Balaban J connectivity index is 1.27. The summed E-state index contributed by atoms with van der Waals surface area (Å²) in [6.45, 7) is 1.03. The number of imidazole rings is 1. The average Bonchev–Trinajstić information content (AvgIpc) is 3.19. The summed E-state index contributed by atoms with van der Waals surface area (Å²) < 4.78 is 30.5. The van der Waals surface area contributed by atoms with Crippen LogP contribution in [0.4, 0.5) is 8.78 Å². The molecule has 1 aliphatic rings. The van der Waals surface area contributed by atoms with Gasteiger partial charge in [-0.1, -0.05) is 12.1 Å². The van der Waals surface area contributed by atoms with E-state index in [0.717, 1.165) is 5.56 Å². The van der Waals surface area contributed by atoms with Crippen LogP contribution in [0, 0.1) is 0 Å². The summed E-state index contributed by atoms with van der Waals surface area (Å²) in [6, 6.07) is 10.0. The molecule has 0 aromatic carbocycles. The van der Waals surface area contributed by atoms with Crippen molar-refractivity contribution in [2.45, 2.75) is 31.9 Å². The first-order valence-electron chi connectivity index (χ1n) is 10.7. The Hall–Kier alpha value is -3.66. The highest BCUT2D eigenvalue weighted by Gasteiger charge is 2.34. The third-order valence-corrected chi connectivity index (χ3v) is 5.67. The number of fused-ring (bicyclic) bond motifs is 2. The van der Waals surface area contributed by atoms with Crippen molar-refractivity contribution in [1.82, 2.24) is 29.0 Å². The molecule has 170 valence electrons. The Morgan fingerprint density at radius 1 is 1.12 bits per heavy atom. The lowest BCUT2D eigenvalue weighted by molar-refractivity contribution is -0.0661. The molecule has 8 nitrogen and oxygen atoms in total. The first-order valence-corrected chi connectivity index (χ1v) is 10.7. The SMILES string of the molecule is O=C(NCc1cn2cc(CN3CCCC(F)(F)C3)ccc2n1)c1cc(=O)n2ccccc2n1. The zero-order chi connectivity index (χ0) is 23.0. The molecule has 5 rings (SSSR count). The molecule has 33 heavy (non-hydrogen) atoms. The van der Waals surface area contributed by atoms with Crippen molar-refractivity contribution in [1.29, 1.82) is 0 Å². The topological polar surface area (TPSA) is 84.0 Å². The minimum atomic E-state index is -2.63. The van der Waals surface area contributed by atoms with E-state index in [1.807, 2.05) is 22.7 Å². The van der Waals surface area contributed by atoms with Gasteiger partial charge in [-0.05, 0) is 36.7 Å². The van der Waals surface area contributed by atoms with E-state index in [-0.39, 0.29) is 30.8 Å². The fourth-order valence-electron chi connectivity index (χ4n) is 4.14. The number of alkyl halides is 2. The van der Waals surface area contributed by atoms with Crippen LogP contribution in [0.1, 0.15) is 34.6 Å². The van der Waals surface area contributed by atoms with Crippen molar-refractivity contribution >= 4 is 17.2 Å². The molecule has 4 aromatic heterocycles. The number of amides is 1. The van der Waals surface area contributed by atoms with Gasteiger partial charge in [0.2, 0.25) is 0 Å². The van der Waals surface area contributed by atoms with E-state index < -0.39 is 11.8 Å². The summed E-state index contributed by atoms with van der Waals surface area (Å²) in [5.74, 6) is -3.10. The lowest BCUT2D eigenvalue weighted by atomic mass is 10.1. The van der Waals surface area contributed by atoms with Gasteiger partial charge in [0.25, 0.3) is 17.4 Å². The number of hydrogen-bond acceptors (Lipinski definition) is 5. The number of pyridine rings is 2. The smallest absolute Gasteiger partial charge is 0.270 e. The molecular formula is C23H22F2N6O2. The zero-order valence-electron chi connectivity index (χ0n) is 17.7. The molecule has 1 N–H and O–H groups in total. The lowest BCUT2D eigenvalue weighted by Gasteiger charge is -2.32. The fourth-order valence-corrected chi connectivity index (χ4v) is 4.14. The third kappa shape index (κ3) is 4.61. The quantitative estimate of drug-likeness (QED) is 0.503. The van der Waals surface area contributed by atoms with Gasteiger partial charge in [0.1, 0.15) is 17.0 Å². The van der Waals surface area contributed by atoms with Crippen LogP contribution in [0.5, 0.6) is 0 Å². The van der Waals surface area contributed by atoms with Crippen molar-refractivity contribution in [2.75, 3.05) is 13.1 Å². The predicted molar refractivity (Wildman–Crippen MR) is 117 cm³/mol. The number of nitrogens with zero attached hydrogens (tertiary/aromatic N) is 5. The van der Waals surface area contributed by atoms with E-state index in [0.29, 0.717) is 36.5 Å². The normalized spacial score (nSPS) is 16.3. The second kappa shape index (κ2) is 8.36. The van der Waals surface area contributed by atoms with Gasteiger partial charge in [-0.3, -0.25) is 18.9 Å². The summed E-state index contributed by atoms with van der Waals surface area (Å²) in [4.78, 5) is 35.2. The highest BCUT2D eigenvalue weighted by molar-refractivity contribution is 5.92. The summed E-state index contributed by atoms with van der Waals surface area (Å²) >= 11 is 0. The van der Waals surface area contributed by atoms with Crippen molar-refractivity contribution in [2.24, 2.45) is 0 Å². The van der Waals surface area contributed by atoms with Crippen molar-refractivity contribution < 1.29 is 13.6 Å². The Morgan fingerprint density at radius 2 is 2.00 bits per heavy atom. The van der Waals surface area contributed by atoms with Gasteiger partial charge < -0.3 is 9.72 Å². The van der Waals surface area contributed by atoms with Gasteiger partial charge in [0, 0.05) is 37.6 Å². The number of halogens is 2. The van der Waals surface area contributed by atoms with Crippen LogP contribution in [0.2, 0.25) is 0 Å². The van der Waals surface area contributed by atoms with Gasteiger partial charge in [0.15, 0.2) is 0 Å². The van der Waals surface area contributed by atoms with Crippen molar-refractivity contribution in [3.8, 4) is 0 Å². The lowest BCUT2D eigenvalue weighted by Crippen LogP contribution is -2.42. The largest absolute Gasteiger partial charge is 0.345 e. The second-order valence-electron chi connectivity index (χ2n) is 8.30. The molecule has 0 saturated carbocycles. The highest BCUT2D eigenvalue weighted by Crippen LogP contribution is 2.27. The number of likely N-dealkylation sites (tertiary alicyclic amines) is 1. The molecule has 1 aliphatic heterocycles. The van der Waals surface area contributed by atoms with Crippen molar-refractivity contribution in [3.63, 3.8) is 0 Å².